The zero-order valence-corrected chi connectivity index (χ0v) is 19.5. The van der Waals surface area contributed by atoms with Crippen LogP contribution in [0.4, 0.5) is 5.13 Å². The van der Waals surface area contributed by atoms with Crippen molar-refractivity contribution in [3.8, 4) is 0 Å². The molecule has 30 heavy (non-hydrogen) atoms. The Morgan fingerprint density at radius 2 is 1.97 bits per heavy atom. The molecule has 0 bridgehead atoms. The molecule has 3 aromatic rings. The van der Waals surface area contributed by atoms with Crippen LogP contribution in [-0.4, -0.2) is 37.3 Å². The van der Waals surface area contributed by atoms with Gasteiger partial charge in [0.15, 0.2) is 16.1 Å². The Bertz CT molecular complexity index is 1080. The molecule has 8 nitrogen and oxygen atoms in total. The Morgan fingerprint density at radius 3 is 2.63 bits per heavy atom. The van der Waals surface area contributed by atoms with Gasteiger partial charge in [0.05, 0.1) is 28.0 Å². The molecule has 0 saturated heterocycles. The summed E-state index contributed by atoms with van der Waals surface area (Å²) in [4.78, 5) is 29.8. The molecule has 2 heterocycles. The number of hydrogen-bond acceptors (Lipinski definition) is 7. The average molecular weight is 485 g/mol. The van der Waals surface area contributed by atoms with Gasteiger partial charge in [-0.05, 0) is 32.0 Å². The number of rotatable bonds is 7. The smallest absolute Gasteiger partial charge is 0.251 e. The number of anilines is 1. The summed E-state index contributed by atoms with van der Waals surface area (Å²) < 4.78 is 1.73. The van der Waals surface area contributed by atoms with Crippen molar-refractivity contribution in [1.82, 2.24) is 25.1 Å². The lowest BCUT2D eigenvalue weighted by atomic mass is 10.2. The van der Waals surface area contributed by atoms with Crippen LogP contribution in [0.3, 0.4) is 0 Å². The fraction of sp³-hybridized carbons (Fsp3) is 0.278. The molecular formula is C18H18Cl2N6O2S2. The molecule has 2 amide bonds. The summed E-state index contributed by atoms with van der Waals surface area (Å²) in [7, 11) is 1.77. The van der Waals surface area contributed by atoms with Gasteiger partial charge >= 0.3 is 0 Å². The number of aromatic nitrogens is 4. The molecule has 12 heteroatoms. The summed E-state index contributed by atoms with van der Waals surface area (Å²) >= 11 is 14.5. The lowest BCUT2D eigenvalue weighted by Gasteiger charge is -2.07. The fourth-order valence-corrected chi connectivity index (χ4v) is 4.19. The van der Waals surface area contributed by atoms with Gasteiger partial charge in [0.2, 0.25) is 5.91 Å². The van der Waals surface area contributed by atoms with Gasteiger partial charge in [-0.25, -0.2) is 4.98 Å². The zero-order valence-electron chi connectivity index (χ0n) is 16.3. The van der Waals surface area contributed by atoms with Crippen molar-refractivity contribution in [1.29, 1.82) is 0 Å². The third-order valence-corrected chi connectivity index (χ3v) is 6.87. The van der Waals surface area contributed by atoms with Gasteiger partial charge in [-0.15, -0.1) is 21.5 Å². The number of thioether (sulfide) groups is 1. The highest BCUT2D eigenvalue weighted by Gasteiger charge is 2.14. The van der Waals surface area contributed by atoms with Crippen LogP contribution in [0.25, 0.3) is 0 Å². The molecule has 2 N–H and O–H groups in total. The van der Waals surface area contributed by atoms with E-state index in [1.54, 1.807) is 23.7 Å². The quantitative estimate of drug-likeness (QED) is 0.493. The van der Waals surface area contributed by atoms with Crippen LogP contribution in [0.2, 0.25) is 10.0 Å². The maximum Gasteiger partial charge on any atom is 0.251 e. The Hall–Kier alpha value is -2.14. The SMILES string of the molecule is Cc1nc(NC(=O)CSc2nnc(CNC(=O)c3ccc(Cl)c(Cl)c3)n2C)sc1C. The van der Waals surface area contributed by atoms with Crippen molar-refractivity contribution in [3.63, 3.8) is 0 Å². The number of thiazole rings is 1. The van der Waals surface area contributed by atoms with Crippen molar-refractivity contribution in [2.24, 2.45) is 7.05 Å². The summed E-state index contributed by atoms with van der Waals surface area (Å²) in [5, 5.41) is 15.5. The summed E-state index contributed by atoms with van der Waals surface area (Å²) in [6.07, 6.45) is 0. The number of amides is 2. The van der Waals surface area contributed by atoms with E-state index in [9.17, 15) is 9.59 Å². The van der Waals surface area contributed by atoms with Crippen molar-refractivity contribution in [2.45, 2.75) is 25.5 Å². The van der Waals surface area contributed by atoms with Gasteiger partial charge in [-0.3, -0.25) is 9.59 Å². The van der Waals surface area contributed by atoms with Crippen molar-refractivity contribution in [2.75, 3.05) is 11.1 Å². The van der Waals surface area contributed by atoms with E-state index in [1.165, 1.54) is 29.2 Å². The molecule has 0 spiro atoms. The lowest BCUT2D eigenvalue weighted by Crippen LogP contribution is -2.24. The largest absolute Gasteiger partial charge is 0.345 e. The first-order chi connectivity index (χ1) is 14.2. The Morgan fingerprint density at radius 1 is 1.20 bits per heavy atom. The summed E-state index contributed by atoms with van der Waals surface area (Å²) in [6, 6.07) is 4.65. The van der Waals surface area contributed by atoms with E-state index >= 15 is 0 Å². The second kappa shape index (κ2) is 9.78. The maximum atomic E-state index is 12.3. The lowest BCUT2D eigenvalue weighted by molar-refractivity contribution is -0.113. The van der Waals surface area contributed by atoms with Crippen molar-refractivity contribution < 1.29 is 9.59 Å². The number of hydrogen-bond donors (Lipinski definition) is 2. The molecule has 0 aliphatic heterocycles. The predicted octanol–water partition coefficient (Wildman–Crippen LogP) is 3.86. The number of carbonyl (C=O) groups is 2. The van der Waals surface area contributed by atoms with Crippen LogP contribution in [0.15, 0.2) is 23.4 Å². The molecule has 2 aromatic heterocycles. The van der Waals surface area contributed by atoms with E-state index in [2.05, 4.69) is 25.8 Å². The summed E-state index contributed by atoms with van der Waals surface area (Å²) in [6.45, 7) is 4.03. The molecule has 0 radical (unpaired) electrons. The van der Waals surface area contributed by atoms with Crippen LogP contribution in [-0.2, 0) is 18.4 Å². The van der Waals surface area contributed by atoms with Gasteiger partial charge < -0.3 is 15.2 Å². The monoisotopic (exact) mass is 484 g/mol. The number of nitrogens with zero attached hydrogens (tertiary/aromatic N) is 4. The average Bonchev–Trinajstić information content (AvgIpc) is 3.21. The van der Waals surface area contributed by atoms with Gasteiger partial charge in [-0.2, -0.15) is 0 Å². The Labute approximate surface area is 191 Å². The Kier molecular flexibility index (Phi) is 7.35. The number of nitrogens with one attached hydrogen (secondary N) is 2. The van der Waals surface area contributed by atoms with E-state index in [0.29, 0.717) is 31.7 Å². The first kappa shape index (κ1) is 22.5. The highest BCUT2D eigenvalue weighted by atomic mass is 35.5. The van der Waals surface area contributed by atoms with Crippen molar-refractivity contribution in [3.05, 3.63) is 50.2 Å². The molecule has 1 aromatic carbocycles. The van der Waals surface area contributed by atoms with Crippen LogP contribution >= 0.6 is 46.3 Å². The van der Waals surface area contributed by atoms with Gasteiger partial charge in [0, 0.05) is 17.5 Å². The van der Waals surface area contributed by atoms with Gasteiger partial charge in [0.1, 0.15) is 0 Å². The molecule has 3 rings (SSSR count). The third kappa shape index (κ3) is 5.51. The van der Waals surface area contributed by atoms with E-state index in [4.69, 9.17) is 23.2 Å². The van der Waals surface area contributed by atoms with Crippen LogP contribution < -0.4 is 10.6 Å². The first-order valence-corrected chi connectivity index (χ1v) is 11.3. The van der Waals surface area contributed by atoms with E-state index in [-0.39, 0.29) is 24.1 Å². The molecule has 0 aliphatic rings. The van der Waals surface area contributed by atoms with Crippen LogP contribution in [0.1, 0.15) is 26.8 Å². The fourth-order valence-electron chi connectivity index (χ4n) is 2.34. The molecule has 0 unspecified atom stereocenters. The topological polar surface area (TPSA) is 102 Å². The number of carbonyl (C=O) groups excluding carboxylic acids is 2. The van der Waals surface area contributed by atoms with Crippen LogP contribution in [0.5, 0.6) is 0 Å². The molecular weight excluding hydrogens is 467 g/mol. The highest BCUT2D eigenvalue weighted by molar-refractivity contribution is 7.99. The number of benzene rings is 1. The molecule has 0 aliphatic carbocycles. The molecule has 0 atom stereocenters. The minimum atomic E-state index is -0.306. The number of aryl methyl sites for hydroxylation is 2. The second-order valence-electron chi connectivity index (χ2n) is 6.27. The molecule has 158 valence electrons. The van der Waals surface area contributed by atoms with E-state index in [1.807, 2.05) is 13.8 Å². The van der Waals surface area contributed by atoms with E-state index < -0.39 is 0 Å². The Balaban J connectivity index is 1.53. The summed E-state index contributed by atoms with van der Waals surface area (Å²) in [5.41, 5.74) is 1.30. The number of halogens is 2. The highest BCUT2D eigenvalue weighted by Crippen LogP contribution is 2.23. The minimum Gasteiger partial charge on any atom is -0.345 e. The van der Waals surface area contributed by atoms with E-state index in [0.717, 1.165) is 10.6 Å². The zero-order chi connectivity index (χ0) is 21.8. The third-order valence-electron chi connectivity index (χ3n) is 4.12. The normalized spacial score (nSPS) is 10.8. The molecule has 0 fully saturated rings. The standard InChI is InChI=1S/C18H18Cl2N6O2S2/c1-9-10(2)30-17(22-9)23-15(27)8-29-18-25-24-14(26(18)3)7-21-16(28)11-4-5-12(19)13(20)6-11/h4-6H,7-8H2,1-3H3,(H,21,28)(H,22,23,27). The van der Waals surface area contributed by atoms with Gasteiger partial charge in [0.25, 0.3) is 5.91 Å². The van der Waals surface area contributed by atoms with Crippen molar-refractivity contribution >= 4 is 63.2 Å². The van der Waals surface area contributed by atoms with Crippen LogP contribution in [0, 0.1) is 13.8 Å². The second-order valence-corrected chi connectivity index (χ2v) is 9.23. The summed E-state index contributed by atoms with van der Waals surface area (Å²) in [5.74, 6) is 0.238. The predicted molar refractivity (Wildman–Crippen MR) is 120 cm³/mol. The minimum absolute atomic E-state index is 0.166. The first-order valence-electron chi connectivity index (χ1n) is 8.72. The van der Waals surface area contributed by atoms with Gasteiger partial charge in [-0.1, -0.05) is 35.0 Å². The maximum absolute atomic E-state index is 12.3. The molecule has 0 saturated carbocycles.